The van der Waals surface area contributed by atoms with E-state index in [1.165, 1.54) is 308 Å². The molecule has 0 saturated carbocycles. The quantitative estimate of drug-likeness (QED) is 0.0263. The Morgan fingerprint density at radius 1 is 0.177 bits per heavy atom. The predicted molar refractivity (Wildman–Crippen MR) is 399 cm³/mol. The van der Waals surface area contributed by atoms with Crippen molar-refractivity contribution >= 4 is 35.1 Å². The molecule has 0 radical (unpaired) electrons. The highest BCUT2D eigenvalue weighted by Gasteiger charge is 2.34. The lowest BCUT2D eigenvalue weighted by Crippen LogP contribution is -2.45. The van der Waals surface area contributed by atoms with Crippen molar-refractivity contribution < 1.29 is 69.6 Å². The number of rotatable bonds is 75. The molecule has 0 aliphatic heterocycles. The summed E-state index contributed by atoms with van der Waals surface area (Å²) in [6.45, 7) is 9.04. The molecule has 0 aromatic heterocycles. The molecule has 0 heterocycles. The zero-order valence-corrected chi connectivity index (χ0v) is 63.2. The topological polar surface area (TPSA) is 264 Å². The normalized spacial score (nSPS) is 13.2. The van der Waals surface area contributed by atoms with Gasteiger partial charge in [0, 0.05) is 25.7 Å². The molecule has 0 amide bonds. The van der Waals surface area contributed by atoms with Gasteiger partial charge in [-0.3, -0.25) is 28.8 Å². The summed E-state index contributed by atoms with van der Waals surface area (Å²) in [7, 11) is 0. The van der Waals surface area contributed by atoms with E-state index in [4.69, 9.17) is 10.2 Å². The molecule has 14 nitrogen and oxygen atoms in total. The van der Waals surface area contributed by atoms with Crippen LogP contribution in [0.25, 0.3) is 0 Å². The third kappa shape index (κ3) is 71.2. The lowest BCUT2D eigenvalue weighted by Gasteiger charge is -2.21. The first kappa shape index (κ1) is 97.6. The molecule has 0 bridgehead atoms. The maximum atomic E-state index is 12.3. The molecule has 4 unspecified atom stereocenters. The van der Waals surface area contributed by atoms with Crippen molar-refractivity contribution in [1.82, 2.24) is 0 Å². The van der Waals surface area contributed by atoms with Crippen LogP contribution in [0, 0.1) is 0 Å². The Labute approximate surface area is 590 Å². The minimum absolute atomic E-state index is 0.177. The summed E-state index contributed by atoms with van der Waals surface area (Å²) >= 11 is 0. The van der Waals surface area contributed by atoms with Gasteiger partial charge >= 0.3 is 11.9 Å². The third-order valence-electron chi connectivity index (χ3n) is 19.3. The lowest BCUT2D eigenvalue weighted by atomic mass is 9.95. The number of carboxylic acid groups (broad SMARTS) is 2. The number of Topliss-reactive ketones (excluding diaryl/α,β-unsaturated/α-hetero) is 4. The molecule has 0 saturated heterocycles. The maximum absolute atomic E-state index is 12.3. The first-order valence-corrected chi connectivity index (χ1v) is 41.2. The third-order valence-corrected chi connectivity index (χ3v) is 19.3. The molecule has 8 N–H and O–H groups in total. The second kappa shape index (κ2) is 78.1. The summed E-state index contributed by atoms with van der Waals surface area (Å²) in [4.78, 5) is 68.6. The van der Waals surface area contributed by atoms with Crippen LogP contribution in [0.3, 0.4) is 0 Å². The van der Waals surface area contributed by atoms with Gasteiger partial charge in [0.25, 0.3) is 0 Å². The van der Waals surface area contributed by atoms with Gasteiger partial charge in [-0.2, -0.15) is 0 Å². The Bertz CT molecular complexity index is 1470. The second-order valence-corrected chi connectivity index (χ2v) is 28.7. The summed E-state index contributed by atoms with van der Waals surface area (Å²) in [5, 5.41) is 77.1. The van der Waals surface area contributed by atoms with Crippen LogP contribution in [0.5, 0.6) is 0 Å². The standard InChI is InChI=1S/2C39H76O5.C4H6O4/c2*1-3-5-7-9-11-13-15-17-19-21-23-25-27-29-31-33-35(40)37(42)39(44)38(43)36(41)34-32-30-28-26-24-22-20-18-16-14-12-10-8-6-4-2;5-3(6)1-2-4(7)8/h2*37-39,42-44H,3-34H2,1-2H3;1-2H2,(H,5,6)(H,7,8). The summed E-state index contributed by atoms with van der Waals surface area (Å²) in [6.07, 6.45) is 64.4. The van der Waals surface area contributed by atoms with Gasteiger partial charge in [0.05, 0.1) is 12.8 Å². The van der Waals surface area contributed by atoms with Crippen molar-refractivity contribution in [3.8, 4) is 0 Å². The smallest absolute Gasteiger partial charge is 0.303 e. The van der Waals surface area contributed by atoms with E-state index in [2.05, 4.69) is 27.7 Å². The van der Waals surface area contributed by atoms with Crippen molar-refractivity contribution in [3.05, 3.63) is 0 Å². The van der Waals surface area contributed by atoms with E-state index in [0.717, 1.165) is 51.4 Å². The average Bonchev–Trinajstić information content (AvgIpc) is 1.03. The lowest BCUT2D eigenvalue weighted by molar-refractivity contribution is -0.148. The number of unbranched alkanes of at least 4 members (excludes halogenated alkanes) is 56. The van der Waals surface area contributed by atoms with Crippen LogP contribution in [0.2, 0.25) is 0 Å². The molecule has 0 aromatic carbocycles. The van der Waals surface area contributed by atoms with Gasteiger partial charge in [-0.1, -0.05) is 387 Å². The van der Waals surface area contributed by atoms with Crippen LogP contribution in [-0.4, -0.2) is 113 Å². The fourth-order valence-corrected chi connectivity index (χ4v) is 12.6. The SMILES string of the molecule is CCCCCCCCCCCCCCCCCC(=O)C(O)C(O)C(O)C(=O)CCCCCCCCCCCCCCCCC.CCCCCCCCCCCCCCCCCC(=O)C(O)C(O)C(O)C(=O)CCCCCCCCCCCCCCCCC.O=C(O)CCC(=O)O. The largest absolute Gasteiger partial charge is 0.481 e. The van der Waals surface area contributed by atoms with Crippen molar-refractivity contribution in [1.29, 1.82) is 0 Å². The highest BCUT2D eigenvalue weighted by atomic mass is 16.4. The van der Waals surface area contributed by atoms with Gasteiger partial charge < -0.3 is 40.9 Å². The Kier molecular flexibility index (Phi) is 79.4. The van der Waals surface area contributed by atoms with Crippen LogP contribution >= 0.6 is 0 Å². The Balaban J connectivity index is -0.00000161. The Morgan fingerprint density at radius 3 is 0.385 bits per heavy atom. The molecule has 0 aromatic rings. The highest BCUT2D eigenvalue weighted by molar-refractivity contribution is 5.88. The van der Waals surface area contributed by atoms with Crippen LogP contribution in [0.4, 0.5) is 0 Å². The summed E-state index contributed by atoms with van der Waals surface area (Å²) in [5.74, 6) is -4.08. The number of carbonyl (C=O) groups is 6. The van der Waals surface area contributed by atoms with E-state index >= 15 is 0 Å². The zero-order chi connectivity index (χ0) is 71.6. The van der Waals surface area contributed by atoms with Gasteiger partial charge in [0.15, 0.2) is 23.1 Å². The van der Waals surface area contributed by atoms with Crippen molar-refractivity contribution in [2.45, 2.75) is 488 Å². The van der Waals surface area contributed by atoms with Gasteiger partial charge in [-0.05, 0) is 25.7 Å². The van der Waals surface area contributed by atoms with Gasteiger partial charge in [0.1, 0.15) is 36.6 Å². The first-order chi connectivity index (χ1) is 46.5. The number of hydrogen-bond donors (Lipinski definition) is 8. The maximum Gasteiger partial charge on any atom is 0.303 e. The minimum atomic E-state index is -1.73. The fraction of sp³-hybridized carbons (Fsp3) is 0.927. The molecule has 14 heteroatoms. The first-order valence-electron chi connectivity index (χ1n) is 41.2. The molecule has 0 rings (SSSR count). The number of ketones is 4. The molecule has 0 fully saturated rings. The number of carbonyl (C=O) groups excluding carboxylic acids is 4. The molecular formula is C82H158O14. The van der Waals surface area contributed by atoms with E-state index < -0.39 is 71.7 Å². The average molecular weight is 1370 g/mol. The van der Waals surface area contributed by atoms with Gasteiger partial charge in [-0.15, -0.1) is 0 Å². The van der Waals surface area contributed by atoms with Crippen LogP contribution < -0.4 is 0 Å². The van der Waals surface area contributed by atoms with Crippen molar-refractivity contribution in [3.63, 3.8) is 0 Å². The zero-order valence-electron chi connectivity index (χ0n) is 63.2. The Hall–Kier alpha value is -2.62. The molecule has 570 valence electrons. The van der Waals surface area contributed by atoms with Crippen LogP contribution in [-0.2, 0) is 28.8 Å². The minimum Gasteiger partial charge on any atom is -0.481 e. The van der Waals surface area contributed by atoms with E-state index in [1.54, 1.807) is 0 Å². The summed E-state index contributed by atoms with van der Waals surface area (Å²) < 4.78 is 0. The molecule has 0 aliphatic rings. The molecule has 0 spiro atoms. The summed E-state index contributed by atoms with van der Waals surface area (Å²) in [5.41, 5.74) is 0. The fourth-order valence-electron chi connectivity index (χ4n) is 12.6. The molecule has 0 aliphatic carbocycles. The predicted octanol–water partition coefficient (Wildman–Crippen LogP) is 21.4. The van der Waals surface area contributed by atoms with E-state index in [0.29, 0.717) is 25.7 Å². The monoisotopic (exact) mass is 1370 g/mol. The van der Waals surface area contributed by atoms with Crippen LogP contribution in [0.1, 0.15) is 451 Å². The number of hydrogen-bond acceptors (Lipinski definition) is 12. The number of carboxylic acids is 2. The second-order valence-electron chi connectivity index (χ2n) is 28.7. The van der Waals surface area contributed by atoms with Gasteiger partial charge in [-0.25, -0.2) is 0 Å². The molecule has 4 atom stereocenters. The number of aliphatic carboxylic acids is 2. The Morgan fingerprint density at radius 2 is 0.281 bits per heavy atom. The molecular weight excluding hydrogens is 1210 g/mol. The number of aliphatic hydroxyl groups excluding tert-OH is 6. The molecule has 96 heavy (non-hydrogen) atoms. The van der Waals surface area contributed by atoms with Crippen molar-refractivity contribution in [2.75, 3.05) is 0 Å². The van der Waals surface area contributed by atoms with E-state index in [1.807, 2.05) is 0 Å². The van der Waals surface area contributed by atoms with Gasteiger partial charge in [0.2, 0.25) is 0 Å². The highest BCUT2D eigenvalue weighted by Crippen LogP contribution is 2.21. The number of aliphatic hydroxyl groups is 6. The van der Waals surface area contributed by atoms with E-state index in [-0.39, 0.29) is 38.5 Å². The van der Waals surface area contributed by atoms with Crippen LogP contribution in [0.15, 0.2) is 0 Å². The van der Waals surface area contributed by atoms with Crippen molar-refractivity contribution in [2.24, 2.45) is 0 Å². The summed E-state index contributed by atoms with van der Waals surface area (Å²) in [6, 6.07) is 0. The van der Waals surface area contributed by atoms with E-state index in [9.17, 15) is 59.4 Å².